The minimum absolute atomic E-state index is 0.0810. The van der Waals surface area contributed by atoms with Crippen LogP contribution in [0, 0.1) is 46.3 Å². The molecule has 6 heterocycles. The van der Waals surface area contributed by atoms with E-state index in [0.717, 1.165) is 51.6 Å². The fraction of sp³-hybridized carbons (Fsp3) is 0.961. The van der Waals surface area contributed by atoms with Gasteiger partial charge >= 0.3 is 0 Å². The van der Waals surface area contributed by atoms with Gasteiger partial charge in [0, 0.05) is 12.3 Å². The van der Waals surface area contributed by atoms with E-state index >= 15 is 0 Å². The van der Waals surface area contributed by atoms with E-state index in [1.807, 2.05) is 0 Å². The second kappa shape index (κ2) is 20.1. The third-order valence-electron chi connectivity index (χ3n) is 19.7. The highest BCUT2D eigenvalue weighted by Crippen LogP contribution is 2.71. The van der Waals surface area contributed by atoms with Crippen molar-refractivity contribution in [3.63, 3.8) is 0 Å². The van der Waals surface area contributed by atoms with Gasteiger partial charge in [-0.15, -0.1) is 0 Å². The summed E-state index contributed by atoms with van der Waals surface area (Å²) in [7, 11) is 0. The minimum atomic E-state index is -1.88. The van der Waals surface area contributed by atoms with Crippen LogP contribution in [0.1, 0.15) is 106 Å². The number of ether oxygens (including phenoxy) is 10. The molecule has 31 atom stereocenters. The van der Waals surface area contributed by atoms with Crippen molar-refractivity contribution in [2.24, 2.45) is 46.3 Å². The van der Waals surface area contributed by atoms with Crippen LogP contribution in [0.3, 0.4) is 0 Å². The van der Waals surface area contributed by atoms with E-state index in [0.29, 0.717) is 48.3 Å². The highest BCUT2D eigenvalue weighted by Gasteiger charge is 2.69. The lowest BCUT2D eigenvalue weighted by Gasteiger charge is -2.59. The molecule has 6 saturated heterocycles. The maximum absolute atomic E-state index is 11.3. The second-order valence-electron chi connectivity index (χ2n) is 23.8. The summed E-state index contributed by atoms with van der Waals surface area (Å²) in [6, 6.07) is 0. The smallest absolute Gasteiger partial charge is 0.187 e. The highest BCUT2D eigenvalue weighted by atomic mass is 16.8. The third-order valence-corrected chi connectivity index (χ3v) is 19.7. The molecule has 1 unspecified atom stereocenters. The van der Waals surface area contributed by atoms with Crippen LogP contribution in [-0.2, 0) is 47.4 Å². The number of hydrogen-bond donors (Lipinski definition) is 10. The van der Waals surface area contributed by atoms with Crippen LogP contribution in [0.2, 0.25) is 0 Å². The van der Waals surface area contributed by atoms with Crippen molar-refractivity contribution >= 4 is 0 Å². The van der Waals surface area contributed by atoms with E-state index in [1.54, 1.807) is 6.92 Å². The molecule has 10 N–H and O–H groups in total. The van der Waals surface area contributed by atoms with Gasteiger partial charge in [-0.1, -0.05) is 39.3 Å². The predicted octanol–water partition coefficient (Wildman–Crippen LogP) is 0.0935. The maximum atomic E-state index is 11.3. The van der Waals surface area contributed by atoms with Crippen LogP contribution in [0.4, 0.5) is 0 Å². The van der Waals surface area contributed by atoms with Gasteiger partial charge in [0.25, 0.3) is 0 Å². The Morgan fingerprint density at radius 2 is 1.18 bits per heavy atom. The summed E-state index contributed by atoms with van der Waals surface area (Å²) < 4.78 is 64.1. The van der Waals surface area contributed by atoms with Crippen LogP contribution >= 0.6 is 0 Å². The van der Waals surface area contributed by atoms with Crippen molar-refractivity contribution in [2.75, 3.05) is 13.2 Å². The molecule has 3 saturated carbocycles. The molecule has 0 aromatic carbocycles. The van der Waals surface area contributed by atoms with Crippen LogP contribution in [-0.4, -0.2) is 205 Å². The Hall–Kier alpha value is -1.06. The highest BCUT2D eigenvalue weighted by molar-refractivity contribution is 5.26. The molecule has 0 bridgehead atoms. The molecule has 6 aliphatic heterocycles. The minimum Gasteiger partial charge on any atom is -0.394 e. The SMILES string of the molecule is C[C@@H]1CC[C@@]2(OC1)O[C@H]1C[C@H]3[C@@H]4CC=C5C[C@@H](O[C@@H]6O[C@@H](C)[C@H](O[C@@H]7O[C@@H](C)[C@H](O)[C@@H](O)[C@H]7O)[C@@H](OC7O[C@@H](C)[C@H](O)[C@@H](O)[C@H]7O)[C@H]6O[C@@H]6O[C@H](CO)[C@@H](O)[C@H](O)[C@H]6O)CC[C@]5(C)[C@H]4CC[C@]3(C)[C@H]1[C@@H]2C. The topological polar surface area (TPSA) is 295 Å². The average Bonchev–Trinajstić information content (AvgIpc) is 3.79. The van der Waals surface area contributed by atoms with Gasteiger partial charge in [-0.05, 0) is 113 Å². The van der Waals surface area contributed by atoms with Gasteiger partial charge in [0.2, 0.25) is 0 Å². The Labute approximate surface area is 415 Å². The molecular formula is C51H82O20. The third kappa shape index (κ3) is 9.03. The van der Waals surface area contributed by atoms with Crippen LogP contribution < -0.4 is 0 Å². The first-order valence-corrected chi connectivity index (χ1v) is 26.6. The van der Waals surface area contributed by atoms with Gasteiger partial charge in [0.15, 0.2) is 30.9 Å². The molecule has 0 aromatic rings. The fourth-order valence-corrected chi connectivity index (χ4v) is 15.4. The Bertz CT molecular complexity index is 1890. The van der Waals surface area contributed by atoms with Crippen LogP contribution in [0.5, 0.6) is 0 Å². The number of fused-ring (bicyclic) bond motifs is 7. The number of allylic oxidation sites excluding steroid dienone is 1. The van der Waals surface area contributed by atoms with E-state index in [4.69, 9.17) is 47.4 Å². The summed E-state index contributed by atoms with van der Waals surface area (Å²) in [5, 5.41) is 108. The molecular weight excluding hydrogens is 933 g/mol. The number of aliphatic hydroxyl groups is 10. The first-order valence-electron chi connectivity index (χ1n) is 26.6. The quantitative estimate of drug-likeness (QED) is 0.137. The van der Waals surface area contributed by atoms with Gasteiger partial charge in [0.05, 0.1) is 43.7 Å². The second-order valence-corrected chi connectivity index (χ2v) is 23.8. The molecule has 1 spiro atoms. The lowest BCUT2D eigenvalue weighted by molar-refractivity contribution is -0.407. The van der Waals surface area contributed by atoms with E-state index < -0.39 is 141 Å². The Morgan fingerprint density at radius 1 is 0.592 bits per heavy atom. The van der Waals surface area contributed by atoms with Crippen molar-refractivity contribution in [2.45, 2.75) is 247 Å². The zero-order chi connectivity index (χ0) is 50.8. The number of rotatable bonds is 9. The van der Waals surface area contributed by atoms with E-state index in [2.05, 4.69) is 33.8 Å². The molecule has 20 heteroatoms. The first-order chi connectivity index (χ1) is 33.6. The van der Waals surface area contributed by atoms with E-state index in [1.165, 1.54) is 19.4 Å². The largest absolute Gasteiger partial charge is 0.394 e. The Kier molecular flexibility index (Phi) is 15.1. The molecule has 10 aliphatic rings. The molecule has 10 rings (SSSR count). The monoisotopic (exact) mass is 1010 g/mol. The van der Waals surface area contributed by atoms with Gasteiger partial charge < -0.3 is 98.4 Å². The van der Waals surface area contributed by atoms with Gasteiger partial charge in [-0.2, -0.15) is 0 Å². The van der Waals surface area contributed by atoms with Crippen molar-refractivity contribution < 1.29 is 98.4 Å². The molecule has 9 fully saturated rings. The Morgan fingerprint density at radius 3 is 1.80 bits per heavy atom. The summed E-state index contributed by atoms with van der Waals surface area (Å²) in [5.41, 5.74) is 1.39. The molecule has 71 heavy (non-hydrogen) atoms. The average molecular weight is 1020 g/mol. The normalized spacial score (nSPS) is 58.4. The summed E-state index contributed by atoms with van der Waals surface area (Å²) in [4.78, 5) is 0. The summed E-state index contributed by atoms with van der Waals surface area (Å²) >= 11 is 0. The summed E-state index contributed by atoms with van der Waals surface area (Å²) in [6.07, 6.45) is -19.9. The molecule has 406 valence electrons. The number of hydrogen-bond acceptors (Lipinski definition) is 20. The van der Waals surface area contributed by atoms with Crippen molar-refractivity contribution in [3.05, 3.63) is 11.6 Å². The summed E-state index contributed by atoms with van der Waals surface area (Å²) in [5.74, 6) is 2.37. The van der Waals surface area contributed by atoms with Gasteiger partial charge in [-0.3, -0.25) is 0 Å². The standard InChI is InChI=1S/C51H82O20/c1-20-10-15-51(62-19-20)21(2)32-30(71-51)17-29-27-9-8-25-16-26(11-13-49(25,6)28(27)12-14-50(29,32)7)66-48-44(70-47-41(61)38(58)35(55)31(18-52)67-47)43(69-46-40(60)37(57)34(54)23(4)64-46)42(24(5)65-48)68-45-39(59)36(56)33(53)22(3)63-45/h8,20-24,26-48,52-61H,9-19H2,1-7H3/t20-,21+,22+,23+,24+,26+,27-,28+,29+,30+,31-,32+,33+,34+,35-,36-,37-,38+,39-,40-,41-,42+,43-,44-,45+,46?,47+,48+,49+,50+,51-/m1/s1. The van der Waals surface area contributed by atoms with E-state index in [-0.39, 0.29) is 16.9 Å². The van der Waals surface area contributed by atoms with E-state index in [9.17, 15) is 51.1 Å². The van der Waals surface area contributed by atoms with Crippen LogP contribution in [0.15, 0.2) is 11.6 Å². The van der Waals surface area contributed by atoms with Gasteiger partial charge in [-0.25, -0.2) is 0 Å². The molecule has 0 radical (unpaired) electrons. The summed E-state index contributed by atoms with van der Waals surface area (Å²) in [6.45, 7) is 14.2. The maximum Gasteiger partial charge on any atom is 0.187 e. The van der Waals surface area contributed by atoms with Crippen molar-refractivity contribution in [1.29, 1.82) is 0 Å². The number of aliphatic hydroxyl groups excluding tert-OH is 10. The van der Waals surface area contributed by atoms with Crippen LogP contribution in [0.25, 0.3) is 0 Å². The molecule has 4 aliphatic carbocycles. The zero-order valence-corrected chi connectivity index (χ0v) is 42.1. The first kappa shape index (κ1) is 53.3. The fourth-order valence-electron chi connectivity index (χ4n) is 15.4. The van der Waals surface area contributed by atoms with Crippen molar-refractivity contribution in [1.82, 2.24) is 0 Å². The molecule has 0 amide bonds. The predicted molar refractivity (Wildman–Crippen MR) is 244 cm³/mol. The molecule has 20 nitrogen and oxygen atoms in total. The zero-order valence-electron chi connectivity index (χ0n) is 42.1. The van der Waals surface area contributed by atoms with Crippen molar-refractivity contribution in [3.8, 4) is 0 Å². The molecule has 0 aromatic heterocycles. The lowest BCUT2D eigenvalue weighted by Crippen LogP contribution is -2.68. The lowest BCUT2D eigenvalue weighted by atomic mass is 9.47. The van der Waals surface area contributed by atoms with Gasteiger partial charge in [0.1, 0.15) is 79.4 Å². The Balaban J connectivity index is 0.921.